The lowest BCUT2D eigenvalue weighted by atomic mass is 10.2. The summed E-state index contributed by atoms with van der Waals surface area (Å²) >= 11 is 11.2. The van der Waals surface area contributed by atoms with Crippen molar-refractivity contribution in [2.45, 2.75) is 11.3 Å². The van der Waals surface area contributed by atoms with Gasteiger partial charge in [-0.2, -0.15) is 5.10 Å². The standard InChI is InChI=1S/C11H10BrClN2O2S/c1-17-8(16)4-5-18-7-3-2-6-9(10(7)13)11(12)15-14-6/h2-3H,4-5H2,1H3,(H,14,15). The van der Waals surface area contributed by atoms with Crippen LogP contribution in [-0.4, -0.2) is 29.0 Å². The van der Waals surface area contributed by atoms with Crippen molar-refractivity contribution >= 4 is 56.2 Å². The molecule has 0 saturated heterocycles. The first kappa shape index (κ1) is 13.7. The second-order valence-electron chi connectivity index (χ2n) is 3.48. The maximum atomic E-state index is 11.0. The second-order valence-corrected chi connectivity index (χ2v) is 5.79. The van der Waals surface area contributed by atoms with Crippen molar-refractivity contribution in [1.29, 1.82) is 0 Å². The largest absolute Gasteiger partial charge is 0.469 e. The number of halogens is 2. The minimum Gasteiger partial charge on any atom is -0.469 e. The van der Waals surface area contributed by atoms with E-state index in [0.717, 1.165) is 20.4 Å². The highest BCUT2D eigenvalue weighted by Crippen LogP contribution is 2.36. The van der Waals surface area contributed by atoms with E-state index in [2.05, 4.69) is 30.9 Å². The van der Waals surface area contributed by atoms with E-state index < -0.39 is 0 Å². The number of thioether (sulfide) groups is 1. The van der Waals surface area contributed by atoms with Gasteiger partial charge in [-0.05, 0) is 28.1 Å². The van der Waals surface area contributed by atoms with E-state index in [1.807, 2.05) is 12.1 Å². The lowest BCUT2D eigenvalue weighted by Gasteiger charge is -2.04. The van der Waals surface area contributed by atoms with Gasteiger partial charge in [0.05, 0.1) is 29.5 Å². The van der Waals surface area contributed by atoms with Crippen LogP contribution < -0.4 is 0 Å². The molecule has 0 atom stereocenters. The molecule has 0 unspecified atom stereocenters. The molecular formula is C11H10BrClN2O2S. The maximum Gasteiger partial charge on any atom is 0.306 e. The number of methoxy groups -OCH3 is 1. The second kappa shape index (κ2) is 5.95. The zero-order valence-corrected chi connectivity index (χ0v) is 12.7. The van der Waals surface area contributed by atoms with Gasteiger partial charge in [-0.15, -0.1) is 11.8 Å². The van der Waals surface area contributed by atoms with Crippen molar-refractivity contribution in [3.8, 4) is 0 Å². The number of rotatable bonds is 4. The van der Waals surface area contributed by atoms with Crippen molar-refractivity contribution in [3.05, 3.63) is 21.8 Å². The number of carbonyl (C=O) groups excluding carboxylic acids is 1. The number of hydrogen-bond acceptors (Lipinski definition) is 4. The Morgan fingerprint density at radius 1 is 1.61 bits per heavy atom. The summed E-state index contributed by atoms with van der Waals surface area (Å²) in [5.74, 6) is 0.414. The lowest BCUT2D eigenvalue weighted by molar-refractivity contribution is -0.140. The Morgan fingerprint density at radius 2 is 2.39 bits per heavy atom. The first-order chi connectivity index (χ1) is 8.63. The molecule has 0 saturated carbocycles. The minimum absolute atomic E-state index is 0.218. The zero-order chi connectivity index (χ0) is 13.1. The average molecular weight is 350 g/mol. The molecule has 0 amide bonds. The van der Waals surface area contributed by atoms with Gasteiger partial charge in [0.15, 0.2) is 0 Å². The predicted octanol–water partition coefficient (Wildman–Crippen LogP) is 3.63. The van der Waals surface area contributed by atoms with E-state index in [0.29, 0.717) is 17.2 Å². The molecular weight excluding hydrogens is 340 g/mol. The molecule has 0 radical (unpaired) electrons. The van der Waals surface area contributed by atoms with Crippen LogP contribution in [0.2, 0.25) is 5.02 Å². The lowest BCUT2D eigenvalue weighted by Crippen LogP contribution is -2.00. The third kappa shape index (κ3) is 2.81. The van der Waals surface area contributed by atoms with Gasteiger partial charge >= 0.3 is 5.97 Å². The molecule has 0 spiro atoms. The maximum absolute atomic E-state index is 11.0. The normalized spacial score (nSPS) is 10.8. The summed E-state index contributed by atoms with van der Waals surface area (Å²) in [5, 5.41) is 8.43. The average Bonchev–Trinajstić information content (AvgIpc) is 2.74. The van der Waals surface area contributed by atoms with Crippen LogP contribution in [0.4, 0.5) is 0 Å². The SMILES string of the molecule is COC(=O)CCSc1ccc2n[nH]c(Br)c2c1Cl. The van der Waals surface area contributed by atoms with E-state index in [-0.39, 0.29) is 5.97 Å². The quantitative estimate of drug-likeness (QED) is 0.676. The Kier molecular flexibility index (Phi) is 4.53. The molecule has 1 N–H and O–H groups in total. The fourth-order valence-electron chi connectivity index (χ4n) is 1.47. The molecule has 1 heterocycles. The zero-order valence-electron chi connectivity index (χ0n) is 9.50. The summed E-state index contributed by atoms with van der Waals surface area (Å²) in [5.41, 5.74) is 0.809. The van der Waals surface area contributed by atoms with Gasteiger partial charge in [-0.25, -0.2) is 0 Å². The molecule has 0 aliphatic heterocycles. The molecule has 1 aromatic heterocycles. The molecule has 18 heavy (non-hydrogen) atoms. The Morgan fingerprint density at radius 3 is 3.11 bits per heavy atom. The van der Waals surface area contributed by atoms with Gasteiger partial charge < -0.3 is 4.74 Å². The van der Waals surface area contributed by atoms with Gasteiger partial charge in [0, 0.05) is 10.6 Å². The highest BCUT2D eigenvalue weighted by molar-refractivity contribution is 9.10. The van der Waals surface area contributed by atoms with Crippen LogP contribution in [0.1, 0.15) is 6.42 Å². The van der Waals surface area contributed by atoms with Gasteiger partial charge in [0.25, 0.3) is 0 Å². The van der Waals surface area contributed by atoms with Crippen LogP contribution in [-0.2, 0) is 9.53 Å². The Bertz CT molecular complexity index is 588. The Hall–Kier alpha value is -0.720. The van der Waals surface area contributed by atoms with E-state index >= 15 is 0 Å². The number of aromatic nitrogens is 2. The Balaban J connectivity index is 2.16. The molecule has 2 rings (SSSR count). The number of H-pyrrole nitrogens is 1. The molecule has 0 fully saturated rings. The number of hydrogen-bond donors (Lipinski definition) is 1. The van der Waals surface area contributed by atoms with E-state index in [1.54, 1.807) is 0 Å². The molecule has 0 aliphatic carbocycles. The molecule has 7 heteroatoms. The van der Waals surface area contributed by atoms with Crippen molar-refractivity contribution in [1.82, 2.24) is 10.2 Å². The number of nitrogens with zero attached hydrogens (tertiary/aromatic N) is 1. The molecule has 96 valence electrons. The molecule has 0 bridgehead atoms. The Labute approximate surface area is 122 Å². The molecule has 2 aromatic rings. The van der Waals surface area contributed by atoms with Crippen LogP contribution in [0.15, 0.2) is 21.6 Å². The van der Waals surface area contributed by atoms with Gasteiger partial charge in [0.1, 0.15) is 4.60 Å². The minimum atomic E-state index is -0.218. The molecule has 1 aromatic carbocycles. The van der Waals surface area contributed by atoms with Crippen LogP contribution in [0.3, 0.4) is 0 Å². The summed E-state index contributed by atoms with van der Waals surface area (Å²) in [6.07, 6.45) is 0.363. The van der Waals surface area contributed by atoms with Crippen molar-refractivity contribution < 1.29 is 9.53 Å². The first-order valence-corrected chi connectivity index (χ1v) is 7.31. The fraction of sp³-hybridized carbons (Fsp3) is 0.273. The van der Waals surface area contributed by atoms with E-state index in [4.69, 9.17) is 11.6 Å². The summed E-state index contributed by atoms with van der Waals surface area (Å²) in [7, 11) is 1.38. The van der Waals surface area contributed by atoms with E-state index in [1.165, 1.54) is 18.9 Å². The predicted molar refractivity (Wildman–Crippen MR) is 76.2 cm³/mol. The number of esters is 1. The number of nitrogens with one attached hydrogen (secondary N) is 1. The van der Waals surface area contributed by atoms with E-state index in [9.17, 15) is 4.79 Å². The highest BCUT2D eigenvalue weighted by atomic mass is 79.9. The number of fused-ring (bicyclic) bond motifs is 1. The van der Waals surface area contributed by atoms with Gasteiger partial charge in [-0.3, -0.25) is 9.89 Å². The number of ether oxygens (including phenoxy) is 1. The van der Waals surface area contributed by atoms with Crippen LogP contribution in [0.25, 0.3) is 10.9 Å². The number of carbonyl (C=O) groups is 1. The van der Waals surface area contributed by atoms with Crippen LogP contribution in [0.5, 0.6) is 0 Å². The van der Waals surface area contributed by atoms with Crippen molar-refractivity contribution in [2.24, 2.45) is 0 Å². The smallest absolute Gasteiger partial charge is 0.306 e. The number of benzene rings is 1. The van der Waals surface area contributed by atoms with Crippen molar-refractivity contribution in [3.63, 3.8) is 0 Å². The molecule has 4 nitrogen and oxygen atoms in total. The van der Waals surface area contributed by atoms with Crippen LogP contribution >= 0.6 is 39.3 Å². The third-order valence-electron chi connectivity index (χ3n) is 2.37. The van der Waals surface area contributed by atoms with Crippen LogP contribution in [0, 0.1) is 0 Å². The van der Waals surface area contributed by atoms with Gasteiger partial charge in [-0.1, -0.05) is 11.6 Å². The highest BCUT2D eigenvalue weighted by Gasteiger charge is 2.12. The monoisotopic (exact) mass is 348 g/mol. The summed E-state index contributed by atoms with van der Waals surface area (Å²) in [6.45, 7) is 0. The third-order valence-corrected chi connectivity index (χ3v) is 4.51. The van der Waals surface area contributed by atoms with Crippen molar-refractivity contribution in [2.75, 3.05) is 12.9 Å². The molecule has 0 aliphatic rings. The summed E-state index contributed by atoms with van der Waals surface area (Å²) < 4.78 is 5.35. The summed E-state index contributed by atoms with van der Waals surface area (Å²) in [6, 6.07) is 3.79. The number of aromatic amines is 1. The first-order valence-electron chi connectivity index (χ1n) is 5.15. The summed E-state index contributed by atoms with van der Waals surface area (Å²) in [4.78, 5) is 11.9. The topological polar surface area (TPSA) is 55.0 Å². The fourth-order valence-corrected chi connectivity index (χ4v) is 3.38. The van der Waals surface area contributed by atoms with Gasteiger partial charge in [0.2, 0.25) is 0 Å².